The van der Waals surface area contributed by atoms with Gasteiger partial charge in [0.2, 0.25) is 11.8 Å². The molecule has 248 valence electrons. The van der Waals surface area contributed by atoms with Crippen LogP contribution in [-0.2, 0) is 47.7 Å². The Labute approximate surface area is 278 Å². The van der Waals surface area contributed by atoms with E-state index in [0.717, 1.165) is 70.8 Å². The first-order valence-electron chi connectivity index (χ1n) is 16.3. The Morgan fingerprint density at radius 3 is 2.38 bits per heavy atom. The first-order chi connectivity index (χ1) is 23.2. The van der Waals surface area contributed by atoms with Gasteiger partial charge in [0.15, 0.2) is 0 Å². The third-order valence-corrected chi connectivity index (χ3v) is 9.92. The van der Waals surface area contributed by atoms with E-state index >= 15 is 0 Å². The van der Waals surface area contributed by atoms with Gasteiger partial charge in [-0.3, -0.25) is 29.4 Å². The van der Waals surface area contributed by atoms with Crippen molar-refractivity contribution in [1.29, 1.82) is 0 Å². The van der Waals surface area contributed by atoms with Gasteiger partial charge in [0.05, 0.1) is 33.0 Å². The van der Waals surface area contributed by atoms with E-state index in [9.17, 15) is 19.2 Å². The number of fused-ring (bicyclic) bond motifs is 2. The molecule has 4 aliphatic rings. The second-order valence-electron chi connectivity index (χ2n) is 12.9. The van der Waals surface area contributed by atoms with Crippen molar-refractivity contribution in [2.24, 2.45) is 13.0 Å². The number of hydrogen-bond acceptors (Lipinski definition) is 8. The molecule has 1 N–H and O–H groups in total. The Bertz CT molecular complexity index is 1920. The Morgan fingerprint density at radius 2 is 1.67 bits per heavy atom. The molecule has 2 fully saturated rings. The number of piperidine rings is 2. The summed E-state index contributed by atoms with van der Waals surface area (Å²) in [6.45, 7) is 3.47. The summed E-state index contributed by atoms with van der Waals surface area (Å²) in [4.78, 5) is 53.7. The molecule has 7 rings (SSSR count). The molecule has 5 heterocycles. The number of aromatic nitrogens is 1. The van der Waals surface area contributed by atoms with Crippen LogP contribution in [0.15, 0.2) is 41.3 Å². The van der Waals surface area contributed by atoms with Crippen molar-refractivity contribution in [1.82, 2.24) is 19.7 Å². The zero-order valence-electron chi connectivity index (χ0n) is 27.4. The number of imide groups is 1. The molecule has 3 aromatic rings. The molecule has 4 aliphatic heterocycles. The minimum Gasteiger partial charge on any atom is -0.496 e. The molecule has 1 atom stereocenters. The topological polar surface area (TPSA) is 119 Å². The average molecular weight is 651 g/mol. The van der Waals surface area contributed by atoms with E-state index in [2.05, 4.69) is 22.1 Å². The predicted octanol–water partition coefficient (Wildman–Crippen LogP) is 3.12. The number of amides is 3. The Kier molecular flexibility index (Phi) is 8.54. The van der Waals surface area contributed by atoms with Crippen molar-refractivity contribution in [2.75, 3.05) is 27.3 Å². The maximum Gasteiger partial charge on any atom is 0.256 e. The van der Waals surface area contributed by atoms with E-state index in [0.29, 0.717) is 43.9 Å². The van der Waals surface area contributed by atoms with Gasteiger partial charge in [0.25, 0.3) is 11.5 Å². The third kappa shape index (κ3) is 5.86. The summed E-state index contributed by atoms with van der Waals surface area (Å²) in [5.41, 5.74) is 6.62. The Morgan fingerprint density at radius 1 is 0.938 bits per heavy atom. The quantitative estimate of drug-likeness (QED) is 0.320. The Hall–Kier alpha value is -4.92. The molecule has 0 radical (unpaired) electrons. The van der Waals surface area contributed by atoms with E-state index in [-0.39, 0.29) is 29.7 Å². The maximum absolute atomic E-state index is 13.2. The zero-order chi connectivity index (χ0) is 33.5. The van der Waals surface area contributed by atoms with Crippen molar-refractivity contribution in [3.63, 3.8) is 0 Å². The first-order valence-corrected chi connectivity index (χ1v) is 16.3. The maximum atomic E-state index is 13.2. The molecule has 1 unspecified atom stereocenters. The zero-order valence-corrected chi connectivity index (χ0v) is 27.4. The Balaban J connectivity index is 1.01. The molecular formula is C37H38N4O7. The number of aryl methyl sites for hydroxylation is 1. The van der Waals surface area contributed by atoms with Crippen molar-refractivity contribution >= 4 is 17.7 Å². The summed E-state index contributed by atoms with van der Waals surface area (Å²) in [6.07, 6.45) is 4.25. The van der Waals surface area contributed by atoms with Crippen LogP contribution in [-0.4, -0.2) is 65.4 Å². The number of likely N-dealkylation sites (tertiary alicyclic amines) is 1. The number of nitrogens with one attached hydrogen (secondary N) is 1. The normalized spacial score (nSPS) is 19.4. The predicted molar refractivity (Wildman–Crippen MR) is 176 cm³/mol. The molecule has 0 aliphatic carbocycles. The monoisotopic (exact) mass is 650 g/mol. The van der Waals surface area contributed by atoms with Gasteiger partial charge in [-0.2, -0.15) is 0 Å². The fourth-order valence-electron chi connectivity index (χ4n) is 7.22. The van der Waals surface area contributed by atoms with Crippen LogP contribution in [0.4, 0.5) is 0 Å². The standard InChI is InChI=1S/C37H38N4O7/c1-39-18-27(29-20-48-21-30(29)36(39)44)25-15-32(46-2)28(33(16-25)47-3)19-40-12-10-22(11-13-40)4-5-23-6-7-24-17-41(37(45)26(24)14-23)31-8-9-34(42)38-35(31)43/h6-7,14-16,18,22,31H,8-13,17,19-21H2,1-3H3,(H,38,42,43). The van der Waals surface area contributed by atoms with E-state index in [1.807, 2.05) is 36.5 Å². The lowest BCUT2D eigenvalue weighted by atomic mass is 9.95. The van der Waals surface area contributed by atoms with Gasteiger partial charge in [-0.05, 0) is 73.3 Å². The highest BCUT2D eigenvalue weighted by Crippen LogP contribution is 2.39. The van der Waals surface area contributed by atoms with Crippen LogP contribution in [0.2, 0.25) is 0 Å². The van der Waals surface area contributed by atoms with Crippen LogP contribution < -0.4 is 20.3 Å². The van der Waals surface area contributed by atoms with Crippen LogP contribution in [0.25, 0.3) is 11.1 Å². The number of hydrogen-bond donors (Lipinski definition) is 1. The molecule has 0 saturated carbocycles. The highest BCUT2D eigenvalue weighted by Gasteiger charge is 2.39. The number of carbonyl (C=O) groups excluding carboxylic acids is 3. The minimum absolute atomic E-state index is 0.0318. The summed E-state index contributed by atoms with van der Waals surface area (Å²) in [5, 5.41) is 2.35. The lowest BCUT2D eigenvalue weighted by Gasteiger charge is -2.30. The first kappa shape index (κ1) is 31.7. The van der Waals surface area contributed by atoms with Crippen LogP contribution in [0.5, 0.6) is 11.5 Å². The molecule has 48 heavy (non-hydrogen) atoms. The fourth-order valence-corrected chi connectivity index (χ4v) is 7.22. The van der Waals surface area contributed by atoms with E-state index in [4.69, 9.17) is 14.2 Å². The van der Waals surface area contributed by atoms with Gasteiger partial charge in [0, 0.05) is 60.9 Å². The summed E-state index contributed by atoms with van der Waals surface area (Å²) >= 11 is 0. The molecular weight excluding hydrogens is 612 g/mol. The van der Waals surface area contributed by atoms with Crippen molar-refractivity contribution in [3.05, 3.63) is 80.3 Å². The highest BCUT2D eigenvalue weighted by molar-refractivity contribution is 6.05. The van der Waals surface area contributed by atoms with E-state index in [1.54, 1.807) is 30.7 Å². The molecule has 2 saturated heterocycles. The molecule has 11 nitrogen and oxygen atoms in total. The minimum atomic E-state index is -0.628. The molecule has 0 bridgehead atoms. The van der Waals surface area contributed by atoms with E-state index < -0.39 is 11.9 Å². The van der Waals surface area contributed by atoms with Crippen LogP contribution in [0, 0.1) is 17.8 Å². The van der Waals surface area contributed by atoms with Gasteiger partial charge >= 0.3 is 0 Å². The van der Waals surface area contributed by atoms with Gasteiger partial charge < -0.3 is 23.7 Å². The van der Waals surface area contributed by atoms with Crippen LogP contribution in [0.1, 0.15) is 63.9 Å². The number of carbonyl (C=O) groups is 3. The lowest BCUT2D eigenvalue weighted by Crippen LogP contribution is -2.52. The molecule has 1 aromatic heterocycles. The largest absolute Gasteiger partial charge is 0.496 e. The third-order valence-electron chi connectivity index (χ3n) is 9.92. The molecule has 11 heteroatoms. The van der Waals surface area contributed by atoms with Crippen molar-refractivity contribution in [3.8, 4) is 34.5 Å². The number of nitrogens with zero attached hydrogens (tertiary/aromatic N) is 3. The second kappa shape index (κ2) is 12.9. The number of ether oxygens (including phenoxy) is 3. The highest BCUT2D eigenvalue weighted by atomic mass is 16.5. The van der Waals surface area contributed by atoms with Crippen molar-refractivity contribution < 1.29 is 28.6 Å². The lowest BCUT2D eigenvalue weighted by molar-refractivity contribution is -0.136. The van der Waals surface area contributed by atoms with Gasteiger partial charge in [-0.1, -0.05) is 17.9 Å². The van der Waals surface area contributed by atoms with Crippen LogP contribution >= 0.6 is 0 Å². The number of methoxy groups -OCH3 is 2. The molecule has 3 amide bonds. The SMILES string of the molecule is COc1cc(-c2cn(C)c(=O)c3c2COC3)cc(OC)c1CN1CCC(C#Cc2ccc3c(c2)C(=O)N(C2CCC(=O)NC2=O)C3)CC1. The molecule has 2 aromatic carbocycles. The number of pyridine rings is 1. The van der Waals surface area contributed by atoms with Gasteiger partial charge in [0.1, 0.15) is 17.5 Å². The van der Waals surface area contributed by atoms with Gasteiger partial charge in [-0.15, -0.1) is 0 Å². The van der Waals surface area contributed by atoms with Crippen LogP contribution in [0.3, 0.4) is 0 Å². The fraction of sp³-hybridized carbons (Fsp3) is 0.405. The summed E-state index contributed by atoms with van der Waals surface area (Å²) in [5.74, 6) is 7.51. The van der Waals surface area contributed by atoms with Crippen molar-refractivity contribution in [2.45, 2.75) is 58.0 Å². The average Bonchev–Trinajstić information content (AvgIpc) is 3.71. The summed E-state index contributed by atoms with van der Waals surface area (Å²) < 4.78 is 19.0. The summed E-state index contributed by atoms with van der Waals surface area (Å²) in [6, 6.07) is 9.07. The smallest absolute Gasteiger partial charge is 0.256 e. The molecule has 0 spiro atoms. The van der Waals surface area contributed by atoms with E-state index in [1.165, 1.54) is 0 Å². The second-order valence-corrected chi connectivity index (χ2v) is 12.9. The number of rotatable bonds is 6. The summed E-state index contributed by atoms with van der Waals surface area (Å²) in [7, 11) is 5.08. The number of benzene rings is 2. The van der Waals surface area contributed by atoms with Gasteiger partial charge in [-0.25, -0.2) is 0 Å².